The predicted octanol–water partition coefficient (Wildman–Crippen LogP) is 15.0. The second-order valence-corrected chi connectivity index (χ2v) is 40.0. The average molecular weight is 2160 g/mol. The fourth-order valence-electron chi connectivity index (χ4n) is 15.4. The van der Waals surface area contributed by atoms with Crippen LogP contribution in [0.2, 0.25) is 0 Å². The third kappa shape index (κ3) is 19.9. The van der Waals surface area contributed by atoms with E-state index in [-0.39, 0.29) is 62.8 Å². The molecule has 0 aromatic heterocycles. The summed E-state index contributed by atoms with van der Waals surface area (Å²) in [4.78, 5) is 22.5. The average Bonchev–Trinajstić information content (AvgIpc) is 1.55. The smallest absolute Gasteiger partial charge is 0.373 e. The van der Waals surface area contributed by atoms with Crippen LogP contribution in [-0.2, 0) is 78.1 Å². The molecule has 4 aliphatic heterocycles. The van der Waals surface area contributed by atoms with E-state index in [2.05, 4.69) is 243 Å². The van der Waals surface area contributed by atoms with Crippen molar-refractivity contribution < 1.29 is 109 Å². The van der Waals surface area contributed by atoms with Crippen molar-refractivity contribution in [2.24, 2.45) is 0 Å². The van der Waals surface area contributed by atoms with E-state index < -0.39 is 88.9 Å². The van der Waals surface area contributed by atoms with Gasteiger partial charge in [-0.3, -0.25) is 13.9 Å². The maximum Gasteiger partial charge on any atom is 0.373 e. The number of nitrogens with zero attached hydrogens (tertiary/aromatic N) is 4. The van der Waals surface area contributed by atoms with E-state index in [0.29, 0.717) is 79.0 Å². The second-order valence-electron chi connectivity index (χ2n) is 29.6. The first kappa shape index (κ1) is 91.8. The third-order valence-electron chi connectivity index (χ3n) is 20.8. The molecule has 7 aromatic carbocycles. The number of carboxylic acid groups (broad SMARTS) is 2. The van der Waals surface area contributed by atoms with Crippen LogP contribution >= 0.6 is 90.4 Å². The Labute approximate surface area is 728 Å². The molecule has 0 amide bonds. The molecule has 1 atom stereocenters. The summed E-state index contributed by atoms with van der Waals surface area (Å²) in [6.45, 7) is 20.8. The molecule has 0 saturated carbocycles. The molecule has 112 heavy (non-hydrogen) atoms. The van der Waals surface area contributed by atoms with Gasteiger partial charge in [-0.05, 0) is 235 Å². The van der Waals surface area contributed by atoms with Crippen molar-refractivity contribution in [2.45, 2.75) is 168 Å². The van der Waals surface area contributed by atoms with E-state index >= 15 is 0 Å². The van der Waals surface area contributed by atoms with Gasteiger partial charge in [0.15, 0.2) is 17.1 Å². The molecule has 0 aliphatic carbocycles. The van der Waals surface area contributed by atoms with Gasteiger partial charge >= 0.3 is 11.9 Å². The molecule has 0 bridgehead atoms. The zero-order valence-electron chi connectivity index (χ0n) is 63.8. The number of rotatable bonds is 24. The van der Waals surface area contributed by atoms with Crippen molar-refractivity contribution in [3.05, 3.63) is 230 Å². The highest BCUT2D eigenvalue weighted by atomic mass is 127. The van der Waals surface area contributed by atoms with Crippen LogP contribution in [0.5, 0.6) is 0 Å². The molecule has 4 N–H and O–H groups in total. The fraction of sp³-hybridized carbons (Fsp3) is 0.313. The third-order valence-corrected chi connectivity index (χ3v) is 27.2. The molecule has 20 nitrogen and oxygen atoms in total. The fourth-order valence-corrected chi connectivity index (χ4v) is 23.0. The summed E-state index contributed by atoms with van der Waals surface area (Å²) in [6.07, 6.45) is 31.3. The molecular formula is C83H89I5N4O16S4. The number of allylic oxidation sites excluding steroid dienone is 14. The van der Waals surface area contributed by atoms with Crippen LogP contribution in [0, 0.1) is 14.3 Å². The first-order chi connectivity index (χ1) is 51.7. The Hall–Kier alpha value is -5.72. The minimum Gasteiger partial charge on any atom is -1.00 e. The molecule has 0 saturated heterocycles. The maximum absolute atomic E-state index is 12.3. The lowest BCUT2D eigenvalue weighted by Gasteiger charge is -2.24. The van der Waals surface area contributed by atoms with E-state index in [1.807, 2.05) is 71.1 Å². The van der Waals surface area contributed by atoms with E-state index in [1.54, 1.807) is 23.6 Å². The van der Waals surface area contributed by atoms with Gasteiger partial charge in [0.1, 0.15) is 33.8 Å². The SMILES string of the molecule is CCCCC(C(=O)O)[N+]1=C(C)C(C)(C)c2c1ccc1c(S(=O)(=O)[O-])cc(S(=O)(=O)O)cc21.CN1\C(=C/C=C/C=C/C=C/C2=[N+](CCCCCC(=O)O)c3ccc4c(S(=O)(=O)[O-])cc(S(=O)(=O)O)cc4c3C2(C)C)C(C)(C)c2c(I)cc(I)cc21.C[N+]1=C(/C=C/C=C/C=C/Cc2ccccc2)C(C)(C)c2c(I)cc(I)cc21.[I-]. The molecule has 0 radical (unpaired) electrons. The van der Waals surface area contributed by atoms with Gasteiger partial charge in [0.25, 0.3) is 26.3 Å². The van der Waals surface area contributed by atoms with E-state index in [1.165, 1.54) is 72.0 Å². The zero-order valence-corrected chi connectivity index (χ0v) is 77.8. The largest absolute Gasteiger partial charge is 1.00 e. The summed E-state index contributed by atoms with van der Waals surface area (Å²) in [5, 5.41) is 19.4. The van der Waals surface area contributed by atoms with Gasteiger partial charge in [-0.2, -0.15) is 30.6 Å². The lowest BCUT2D eigenvalue weighted by molar-refractivity contribution is -0.472. The molecule has 1 unspecified atom stereocenters. The number of hydrogen-bond donors (Lipinski definition) is 4. The topological polar surface area (TPSA) is 310 Å². The van der Waals surface area contributed by atoms with Crippen molar-refractivity contribution in [3.8, 4) is 0 Å². The number of carbonyl (C=O) groups is 2. The minimum atomic E-state index is -5.11. The Bertz CT molecular complexity index is 5760. The van der Waals surface area contributed by atoms with Gasteiger partial charge < -0.3 is 48.2 Å². The van der Waals surface area contributed by atoms with Crippen LogP contribution in [0.4, 0.5) is 22.7 Å². The second kappa shape index (κ2) is 36.4. The first-order valence-electron chi connectivity index (χ1n) is 35.6. The van der Waals surface area contributed by atoms with Gasteiger partial charge in [-0.15, -0.1) is 0 Å². The Morgan fingerprint density at radius 2 is 1.05 bits per heavy atom. The monoisotopic (exact) mass is 2160 g/mol. The van der Waals surface area contributed by atoms with Crippen LogP contribution in [0.25, 0.3) is 21.5 Å². The van der Waals surface area contributed by atoms with Gasteiger partial charge in [-0.25, -0.2) is 21.6 Å². The molecule has 4 heterocycles. The molecule has 4 aliphatic rings. The van der Waals surface area contributed by atoms with Crippen molar-refractivity contribution in [3.63, 3.8) is 0 Å². The van der Waals surface area contributed by atoms with Crippen molar-refractivity contribution in [1.82, 2.24) is 0 Å². The summed E-state index contributed by atoms with van der Waals surface area (Å²) in [5.74, 6) is -1.88. The number of carboxylic acids is 2. The summed E-state index contributed by atoms with van der Waals surface area (Å²) < 4.78 is 151. The molecule has 29 heteroatoms. The predicted molar refractivity (Wildman–Crippen MR) is 469 cm³/mol. The van der Waals surface area contributed by atoms with Crippen molar-refractivity contribution in [1.29, 1.82) is 0 Å². The van der Waals surface area contributed by atoms with Crippen LogP contribution in [0.15, 0.2) is 207 Å². The number of aliphatic carboxylic acids is 2. The first-order valence-corrected chi connectivity index (χ1v) is 45.6. The number of hydrogen-bond acceptors (Lipinski definition) is 13. The van der Waals surface area contributed by atoms with Gasteiger partial charge in [0, 0.05) is 122 Å². The molecule has 596 valence electrons. The molecule has 0 fully saturated rings. The standard InChI is InChI=1S/C38H40I2N2O8S2.C24H24I2N.C21H25NO8S2.HI/c1-37(2)32(41(5)30-21-24(39)20-28(40)36(30)37)14-10-7-6-8-11-15-33-38(3,4)35-27-22-25(51(45,46)47)23-31(52(48,49)50)26(27)17-18-29(35)42(33)19-13-9-12-16-34(43)44;1-24(2)22(27(3)21-17-19(25)16-20(26)23(21)24)15-11-6-4-5-8-12-18-13-9-7-10-14-18;1-5-6-7-17(20(23)24)22-12(2)21(3,4)19-15-10-13(31(25,26)27)11-18(32(28,29)30)14(15)8-9-16(19)22;/h6-8,10-11,14-15,17-18,20-23H,9,12-13,16,19H2,1-5H3,(H2-,43,44,45,46,47,48,49,50);4-11,13-17H,12H2,1-3H3;8-11,17H,5-7H2,1-4H3,(H2-,23,24,25,26,27,28,29,30);1H/q;+1;;/p-1/b;6-4+,8-5+,15-11+;;. The number of benzene rings is 7. The van der Waals surface area contributed by atoms with Gasteiger partial charge in [0.2, 0.25) is 17.1 Å². The van der Waals surface area contributed by atoms with Crippen molar-refractivity contribution >= 4 is 204 Å². The number of likely N-dealkylation sites (N-methyl/N-ethyl adjacent to an activating group) is 1. The van der Waals surface area contributed by atoms with E-state index in [9.17, 15) is 66.6 Å². The number of anilines is 1. The van der Waals surface area contributed by atoms with Crippen LogP contribution in [0.1, 0.15) is 142 Å². The van der Waals surface area contributed by atoms with Crippen molar-refractivity contribution in [2.75, 3.05) is 25.5 Å². The molecule has 11 rings (SSSR count). The highest BCUT2D eigenvalue weighted by molar-refractivity contribution is 14.1. The van der Waals surface area contributed by atoms with Gasteiger partial charge in [-0.1, -0.05) is 118 Å². The van der Waals surface area contributed by atoms with Crippen LogP contribution in [0.3, 0.4) is 0 Å². The summed E-state index contributed by atoms with van der Waals surface area (Å²) in [7, 11) is -15.6. The Morgan fingerprint density at radius 1 is 0.554 bits per heavy atom. The summed E-state index contributed by atoms with van der Waals surface area (Å²) in [6, 6.07) is 28.4. The lowest BCUT2D eigenvalue weighted by Crippen LogP contribution is -3.00. The lowest BCUT2D eigenvalue weighted by atomic mass is 9.79. The quantitative estimate of drug-likeness (QED) is 0.0144. The number of fused-ring (bicyclic) bond motifs is 8. The van der Waals surface area contributed by atoms with Crippen LogP contribution < -0.4 is 28.9 Å². The summed E-state index contributed by atoms with van der Waals surface area (Å²) in [5.41, 5.74) is 11.2. The Morgan fingerprint density at radius 3 is 1.59 bits per heavy atom. The van der Waals surface area contributed by atoms with Gasteiger partial charge in [0.05, 0.1) is 41.4 Å². The number of halogens is 5. The Kier molecular flexibility index (Phi) is 29.9. The number of unbranched alkanes of at least 4 members (excludes halogenated alkanes) is 3. The van der Waals surface area contributed by atoms with E-state index in [0.717, 1.165) is 24.6 Å². The van der Waals surface area contributed by atoms with E-state index in [4.69, 9.17) is 5.11 Å². The molecule has 0 spiro atoms. The Balaban J connectivity index is 0.000000225. The maximum atomic E-state index is 12.3. The molecule has 7 aromatic rings. The zero-order chi connectivity index (χ0) is 82.1. The van der Waals surface area contributed by atoms with Crippen LogP contribution in [-0.4, -0.2) is 132 Å². The highest BCUT2D eigenvalue weighted by Crippen LogP contribution is 2.52. The minimum absolute atomic E-state index is 0. The normalized spacial score (nSPS) is 17.0. The summed E-state index contributed by atoms with van der Waals surface area (Å²) >= 11 is 9.63. The molecular weight excluding hydrogens is 2070 g/mol. The highest BCUT2D eigenvalue weighted by Gasteiger charge is 2.50.